The van der Waals surface area contributed by atoms with Crippen molar-refractivity contribution in [3.05, 3.63) is 60.8 Å². The van der Waals surface area contributed by atoms with Crippen molar-refractivity contribution in [2.45, 2.75) is 76.3 Å². The molecule has 4 rings (SSSR count). The Balaban J connectivity index is 1.80. The van der Waals surface area contributed by atoms with Gasteiger partial charge in [0.2, 0.25) is 5.88 Å². The summed E-state index contributed by atoms with van der Waals surface area (Å²) in [5.74, 6) is -0.343. The highest BCUT2D eigenvalue weighted by atomic mass is 16.6. The Morgan fingerprint density at radius 3 is 1.97 bits per heavy atom. The average molecular weight is 441 g/mol. The summed E-state index contributed by atoms with van der Waals surface area (Å²) in [6.07, 6.45) is 10.5. The van der Waals surface area contributed by atoms with E-state index >= 15 is 0 Å². The number of nitro groups is 1. The van der Waals surface area contributed by atoms with Crippen molar-refractivity contribution in [3.63, 3.8) is 0 Å². The van der Waals surface area contributed by atoms with Gasteiger partial charge in [0.15, 0.2) is 0 Å². The van der Waals surface area contributed by atoms with Crippen LogP contribution in [0.3, 0.4) is 0 Å². The van der Waals surface area contributed by atoms with Crippen molar-refractivity contribution in [1.82, 2.24) is 9.13 Å². The van der Waals surface area contributed by atoms with E-state index in [0.717, 1.165) is 64.2 Å². The summed E-state index contributed by atoms with van der Waals surface area (Å²) in [6.45, 7) is 0. The number of hydrogen-bond donors (Lipinski definition) is 1. The van der Waals surface area contributed by atoms with Gasteiger partial charge in [-0.15, -0.1) is 0 Å². The van der Waals surface area contributed by atoms with E-state index in [4.69, 9.17) is 0 Å². The summed E-state index contributed by atoms with van der Waals surface area (Å²) in [4.78, 5) is 41.3. The maximum atomic E-state index is 13.4. The third-order valence-electron chi connectivity index (χ3n) is 6.61. The molecule has 1 aromatic heterocycles. The maximum Gasteiger partial charge on any atom is 0.334 e. The fourth-order valence-corrected chi connectivity index (χ4v) is 4.89. The normalized spacial score (nSPS) is 18.2. The molecule has 0 atom stereocenters. The Bertz CT molecular complexity index is 1120. The molecule has 0 bridgehead atoms. The van der Waals surface area contributed by atoms with Crippen molar-refractivity contribution in [2.24, 2.45) is 4.99 Å². The first kappa shape index (κ1) is 22.0. The van der Waals surface area contributed by atoms with Crippen LogP contribution in [-0.4, -0.2) is 25.4 Å². The summed E-state index contributed by atoms with van der Waals surface area (Å²) in [5.41, 5.74) is -0.624. The van der Waals surface area contributed by atoms with Gasteiger partial charge in [-0.2, -0.15) is 0 Å². The van der Waals surface area contributed by atoms with Crippen LogP contribution in [0.4, 0.5) is 11.4 Å². The molecule has 2 fully saturated rings. The number of hydrogen-bond acceptors (Lipinski definition) is 6. The summed E-state index contributed by atoms with van der Waals surface area (Å²) >= 11 is 0. The Morgan fingerprint density at radius 1 is 0.906 bits per heavy atom. The third kappa shape index (κ3) is 4.37. The zero-order chi connectivity index (χ0) is 22.7. The quantitative estimate of drug-likeness (QED) is 0.420. The SMILES string of the molecule is O=c1c(C=Nc2ccc([N+](=O)[O-])cc2)c(O)n(C2CCCCC2)c(=O)n1C1CCCCC1. The smallest absolute Gasteiger partial charge is 0.334 e. The van der Waals surface area contributed by atoms with Gasteiger partial charge < -0.3 is 5.11 Å². The van der Waals surface area contributed by atoms with Crippen molar-refractivity contribution < 1.29 is 10.0 Å². The van der Waals surface area contributed by atoms with Gasteiger partial charge in [-0.1, -0.05) is 38.5 Å². The van der Waals surface area contributed by atoms with Gasteiger partial charge in [0.25, 0.3) is 11.2 Å². The van der Waals surface area contributed by atoms with Crippen LogP contribution in [0.15, 0.2) is 38.8 Å². The topological polar surface area (TPSA) is 120 Å². The van der Waals surface area contributed by atoms with Gasteiger partial charge in [-0.05, 0) is 37.8 Å². The Morgan fingerprint density at radius 2 is 1.44 bits per heavy atom. The van der Waals surface area contributed by atoms with Crippen molar-refractivity contribution >= 4 is 17.6 Å². The van der Waals surface area contributed by atoms with E-state index in [-0.39, 0.29) is 29.2 Å². The molecule has 0 radical (unpaired) electrons. The first-order valence-electron chi connectivity index (χ1n) is 11.4. The van der Waals surface area contributed by atoms with Crippen LogP contribution >= 0.6 is 0 Å². The molecule has 2 aliphatic rings. The number of nitro benzene ring substituents is 1. The standard InChI is InChI=1S/C23H28N4O5/c28-21-20(15-24-16-11-13-19(14-12-16)27(31)32)22(29)26(18-9-5-2-6-10-18)23(30)25(21)17-7-3-1-4-8-17/h11-15,17-18,28H,1-10H2. The third-order valence-corrected chi connectivity index (χ3v) is 6.61. The predicted octanol–water partition coefficient (Wildman–Crippen LogP) is 4.38. The molecule has 1 heterocycles. The van der Waals surface area contributed by atoms with Crippen LogP contribution in [0.5, 0.6) is 5.88 Å². The molecule has 0 amide bonds. The van der Waals surface area contributed by atoms with E-state index in [1.54, 1.807) is 0 Å². The number of aromatic hydroxyl groups is 1. The second-order valence-corrected chi connectivity index (χ2v) is 8.68. The minimum atomic E-state index is -0.530. The molecule has 9 heteroatoms. The molecule has 2 aromatic rings. The van der Waals surface area contributed by atoms with Crippen molar-refractivity contribution in [1.29, 1.82) is 0 Å². The number of aliphatic imine (C=N–C) groups is 1. The van der Waals surface area contributed by atoms with Crippen molar-refractivity contribution in [2.75, 3.05) is 0 Å². The molecule has 2 aliphatic carbocycles. The zero-order valence-corrected chi connectivity index (χ0v) is 18.0. The minimum absolute atomic E-state index is 0.0147. The van der Waals surface area contributed by atoms with E-state index < -0.39 is 16.2 Å². The van der Waals surface area contributed by atoms with E-state index in [1.165, 1.54) is 39.6 Å². The van der Waals surface area contributed by atoms with Crippen LogP contribution in [0.1, 0.15) is 81.9 Å². The summed E-state index contributed by atoms with van der Waals surface area (Å²) in [5, 5.41) is 21.8. The number of aromatic nitrogens is 2. The van der Waals surface area contributed by atoms with Crippen LogP contribution in [0, 0.1) is 10.1 Å². The summed E-state index contributed by atoms with van der Waals surface area (Å²) in [7, 11) is 0. The first-order valence-corrected chi connectivity index (χ1v) is 11.4. The van der Waals surface area contributed by atoms with Crippen LogP contribution < -0.4 is 11.2 Å². The predicted molar refractivity (Wildman–Crippen MR) is 121 cm³/mol. The second-order valence-electron chi connectivity index (χ2n) is 8.68. The lowest BCUT2D eigenvalue weighted by atomic mass is 9.94. The highest BCUT2D eigenvalue weighted by molar-refractivity contribution is 5.84. The van der Waals surface area contributed by atoms with E-state index in [9.17, 15) is 24.8 Å². The van der Waals surface area contributed by atoms with E-state index in [2.05, 4.69) is 4.99 Å². The van der Waals surface area contributed by atoms with E-state index in [0.29, 0.717) is 5.69 Å². The monoisotopic (exact) mass is 440 g/mol. The lowest BCUT2D eigenvalue weighted by Crippen LogP contribution is -2.45. The highest BCUT2D eigenvalue weighted by Crippen LogP contribution is 2.31. The fourth-order valence-electron chi connectivity index (χ4n) is 4.89. The number of non-ortho nitro benzene ring substituents is 1. The molecule has 0 unspecified atom stereocenters. The molecule has 0 aliphatic heterocycles. The van der Waals surface area contributed by atoms with Gasteiger partial charge in [0, 0.05) is 30.4 Å². The molecule has 32 heavy (non-hydrogen) atoms. The number of nitrogens with zero attached hydrogens (tertiary/aromatic N) is 4. The van der Waals surface area contributed by atoms with Gasteiger partial charge in [-0.3, -0.25) is 29.0 Å². The molecular weight excluding hydrogens is 412 g/mol. The molecule has 9 nitrogen and oxygen atoms in total. The maximum absolute atomic E-state index is 13.4. The Hall–Kier alpha value is -3.23. The van der Waals surface area contributed by atoms with Crippen LogP contribution in [-0.2, 0) is 0 Å². The van der Waals surface area contributed by atoms with E-state index in [1.807, 2.05) is 0 Å². The van der Waals surface area contributed by atoms with Crippen LogP contribution in [0.2, 0.25) is 0 Å². The largest absolute Gasteiger partial charge is 0.494 e. The van der Waals surface area contributed by atoms with Crippen LogP contribution in [0.25, 0.3) is 0 Å². The lowest BCUT2D eigenvalue weighted by Gasteiger charge is -2.29. The molecular formula is C23H28N4O5. The van der Waals surface area contributed by atoms with Gasteiger partial charge in [0.05, 0.1) is 10.6 Å². The molecule has 0 saturated heterocycles. The number of rotatable bonds is 5. The van der Waals surface area contributed by atoms with Gasteiger partial charge in [0.1, 0.15) is 5.56 Å². The van der Waals surface area contributed by atoms with Gasteiger partial charge >= 0.3 is 5.69 Å². The molecule has 170 valence electrons. The summed E-state index contributed by atoms with van der Waals surface area (Å²) in [6, 6.07) is 5.29. The molecule has 0 spiro atoms. The Labute approximate surface area is 185 Å². The van der Waals surface area contributed by atoms with Gasteiger partial charge in [-0.25, -0.2) is 4.79 Å². The molecule has 1 aromatic carbocycles. The summed E-state index contributed by atoms with van der Waals surface area (Å²) < 4.78 is 2.72. The highest BCUT2D eigenvalue weighted by Gasteiger charge is 2.28. The number of benzene rings is 1. The molecule has 1 N–H and O–H groups in total. The minimum Gasteiger partial charge on any atom is -0.494 e. The zero-order valence-electron chi connectivity index (χ0n) is 18.0. The Kier molecular flexibility index (Phi) is 6.53. The molecule has 2 saturated carbocycles. The fraction of sp³-hybridized carbons (Fsp3) is 0.522. The average Bonchev–Trinajstić information content (AvgIpc) is 2.80. The first-order chi connectivity index (χ1) is 15.5. The second kappa shape index (κ2) is 9.50. The lowest BCUT2D eigenvalue weighted by molar-refractivity contribution is -0.384. The van der Waals surface area contributed by atoms with Crippen molar-refractivity contribution in [3.8, 4) is 5.88 Å².